The van der Waals surface area contributed by atoms with Gasteiger partial charge in [-0.1, -0.05) is 36.9 Å². The summed E-state index contributed by atoms with van der Waals surface area (Å²) in [5.74, 6) is 2.92. The van der Waals surface area contributed by atoms with Gasteiger partial charge in [-0.2, -0.15) is 0 Å². The summed E-state index contributed by atoms with van der Waals surface area (Å²) in [4.78, 5) is 22.3. The predicted molar refractivity (Wildman–Crippen MR) is 122 cm³/mol. The van der Waals surface area contributed by atoms with E-state index < -0.39 is 0 Å². The van der Waals surface area contributed by atoms with Crippen LogP contribution in [0.3, 0.4) is 0 Å². The zero-order valence-electron chi connectivity index (χ0n) is 17.4. The number of ether oxygens (including phenoxy) is 1. The number of carbonyl (C=O) groups excluding carboxylic acids is 1. The topological polar surface area (TPSA) is 67.4 Å². The summed E-state index contributed by atoms with van der Waals surface area (Å²) < 4.78 is 5.88. The second-order valence-corrected chi connectivity index (χ2v) is 7.58. The summed E-state index contributed by atoms with van der Waals surface area (Å²) in [6.07, 6.45) is 6.72. The van der Waals surface area contributed by atoms with E-state index in [9.17, 15) is 4.79 Å². The van der Waals surface area contributed by atoms with Gasteiger partial charge in [-0.3, -0.25) is 4.79 Å². The number of hydrogen-bond acceptors (Lipinski definition) is 5. The lowest BCUT2D eigenvalue weighted by molar-refractivity contribution is -0.127. The molecular formula is C25H26N4O2. The van der Waals surface area contributed by atoms with Gasteiger partial charge in [0.1, 0.15) is 23.6 Å². The number of likely N-dealkylation sites (tertiary alicyclic amines) is 1. The Kier molecular flexibility index (Phi) is 6.57. The van der Waals surface area contributed by atoms with E-state index in [0.29, 0.717) is 5.92 Å². The monoisotopic (exact) mass is 414 g/mol. The Morgan fingerprint density at radius 1 is 1.10 bits per heavy atom. The zero-order valence-corrected chi connectivity index (χ0v) is 17.4. The van der Waals surface area contributed by atoms with Crippen LogP contribution in [0, 0.1) is 5.92 Å². The van der Waals surface area contributed by atoms with E-state index in [1.165, 1.54) is 6.08 Å². The molecule has 0 radical (unpaired) electrons. The van der Waals surface area contributed by atoms with Crippen LogP contribution in [0.4, 0.5) is 5.82 Å². The maximum Gasteiger partial charge on any atom is 0.245 e. The molecule has 0 aliphatic carbocycles. The number of carbonyl (C=O) groups is 1. The Labute approximate surface area is 182 Å². The molecule has 0 bridgehead atoms. The van der Waals surface area contributed by atoms with Crippen LogP contribution in [-0.4, -0.2) is 40.4 Å². The van der Waals surface area contributed by atoms with E-state index in [-0.39, 0.29) is 5.91 Å². The van der Waals surface area contributed by atoms with E-state index in [1.54, 1.807) is 6.33 Å². The molecule has 158 valence electrons. The molecule has 0 unspecified atom stereocenters. The molecule has 1 aliphatic heterocycles. The fourth-order valence-electron chi connectivity index (χ4n) is 3.74. The molecule has 0 saturated carbocycles. The molecule has 1 N–H and O–H groups in total. The Morgan fingerprint density at radius 2 is 1.81 bits per heavy atom. The fraction of sp³-hybridized carbons (Fsp3) is 0.240. The van der Waals surface area contributed by atoms with Gasteiger partial charge in [-0.25, -0.2) is 9.97 Å². The third-order valence-corrected chi connectivity index (χ3v) is 5.52. The first-order valence-electron chi connectivity index (χ1n) is 10.5. The van der Waals surface area contributed by atoms with Crippen molar-refractivity contribution in [3.05, 3.63) is 79.8 Å². The lowest BCUT2D eigenvalue weighted by Gasteiger charge is -2.31. The van der Waals surface area contributed by atoms with Crippen LogP contribution in [0.1, 0.15) is 12.8 Å². The number of rotatable bonds is 7. The molecule has 0 atom stereocenters. The van der Waals surface area contributed by atoms with Gasteiger partial charge in [0, 0.05) is 31.4 Å². The zero-order chi connectivity index (χ0) is 21.5. The van der Waals surface area contributed by atoms with Crippen LogP contribution in [-0.2, 0) is 4.79 Å². The summed E-state index contributed by atoms with van der Waals surface area (Å²) in [6.45, 7) is 5.93. The van der Waals surface area contributed by atoms with Gasteiger partial charge in [0.2, 0.25) is 5.91 Å². The average molecular weight is 415 g/mol. The molecule has 2 heterocycles. The quantitative estimate of drug-likeness (QED) is 0.564. The van der Waals surface area contributed by atoms with Crippen LogP contribution in [0.5, 0.6) is 11.5 Å². The van der Waals surface area contributed by atoms with Crippen molar-refractivity contribution in [2.75, 3.05) is 25.0 Å². The number of para-hydroxylation sites is 1. The standard InChI is InChI=1S/C25H26N4O2/c1-2-24(30)29-14-12-19(13-15-29)16-27-25-23(17-26-18-28-25)20-8-10-22(11-9-20)31-21-6-4-3-5-7-21/h2-11,17-19H,1,12-16H2,(H,26,27,28). The molecule has 3 aromatic rings. The van der Waals surface area contributed by atoms with Crippen LogP contribution in [0.25, 0.3) is 11.1 Å². The van der Waals surface area contributed by atoms with Crippen molar-refractivity contribution in [2.45, 2.75) is 12.8 Å². The predicted octanol–water partition coefficient (Wildman–Crippen LogP) is 4.77. The summed E-state index contributed by atoms with van der Waals surface area (Å²) in [5.41, 5.74) is 1.97. The number of benzene rings is 2. The maximum absolute atomic E-state index is 11.7. The Morgan fingerprint density at radius 3 is 2.52 bits per heavy atom. The minimum atomic E-state index is 0.0178. The van der Waals surface area contributed by atoms with Gasteiger partial charge >= 0.3 is 0 Å². The first-order chi connectivity index (χ1) is 15.2. The maximum atomic E-state index is 11.7. The fourth-order valence-corrected chi connectivity index (χ4v) is 3.74. The van der Waals surface area contributed by atoms with Crippen molar-refractivity contribution in [2.24, 2.45) is 5.92 Å². The molecule has 1 saturated heterocycles. The van der Waals surface area contributed by atoms with Crippen molar-refractivity contribution in [1.29, 1.82) is 0 Å². The number of anilines is 1. The molecule has 6 heteroatoms. The molecule has 31 heavy (non-hydrogen) atoms. The third kappa shape index (κ3) is 5.28. The van der Waals surface area contributed by atoms with Crippen molar-refractivity contribution >= 4 is 11.7 Å². The van der Waals surface area contributed by atoms with E-state index in [0.717, 1.165) is 60.9 Å². The van der Waals surface area contributed by atoms with Crippen molar-refractivity contribution in [3.63, 3.8) is 0 Å². The molecule has 2 aromatic carbocycles. The van der Waals surface area contributed by atoms with Crippen LogP contribution >= 0.6 is 0 Å². The van der Waals surface area contributed by atoms with Crippen molar-refractivity contribution in [3.8, 4) is 22.6 Å². The van der Waals surface area contributed by atoms with Crippen LogP contribution in [0.15, 0.2) is 79.8 Å². The Hall–Kier alpha value is -3.67. The normalized spacial score (nSPS) is 14.1. The Balaban J connectivity index is 1.38. The van der Waals surface area contributed by atoms with Gasteiger partial charge in [-0.05, 0) is 54.7 Å². The molecule has 6 nitrogen and oxygen atoms in total. The van der Waals surface area contributed by atoms with Crippen LogP contribution in [0.2, 0.25) is 0 Å². The molecule has 1 amide bonds. The summed E-state index contributed by atoms with van der Waals surface area (Å²) in [7, 11) is 0. The second-order valence-electron chi connectivity index (χ2n) is 7.58. The average Bonchev–Trinajstić information content (AvgIpc) is 2.84. The third-order valence-electron chi connectivity index (χ3n) is 5.52. The highest BCUT2D eigenvalue weighted by Gasteiger charge is 2.21. The van der Waals surface area contributed by atoms with Crippen molar-refractivity contribution < 1.29 is 9.53 Å². The highest BCUT2D eigenvalue weighted by Crippen LogP contribution is 2.29. The minimum Gasteiger partial charge on any atom is -0.457 e. The molecule has 1 fully saturated rings. The molecule has 0 spiro atoms. The van der Waals surface area contributed by atoms with E-state index in [4.69, 9.17) is 4.74 Å². The molecular weight excluding hydrogens is 388 g/mol. The van der Waals surface area contributed by atoms with E-state index in [1.807, 2.05) is 65.7 Å². The van der Waals surface area contributed by atoms with Crippen LogP contribution < -0.4 is 10.1 Å². The Bertz CT molecular complexity index is 1010. The van der Waals surface area contributed by atoms with E-state index in [2.05, 4.69) is 21.9 Å². The second kappa shape index (κ2) is 9.89. The van der Waals surface area contributed by atoms with Gasteiger partial charge in [0.05, 0.1) is 0 Å². The number of hydrogen-bond donors (Lipinski definition) is 1. The number of nitrogens with zero attached hydrogens (tertiary/aromatic N) is 3. The molecule has 1 aromatic heterocycles. The highest BCUT2D eigenvalue weighted by atomic mass is 16.5. The summed E-state index contributed by atoms with van der Waals surface area (Å²) in [5, 5.41) is 3.49. The molecule has 4 rings (SSSR count). The largest absolute Gasteiger partial charge is 0.457 e. The van der Waals surface area contributed by atoms with Crippen molar-refractivity contribution in [1.82, 2.24) is 14.9 Å². The first kappa shape index (κ1) is 20.6. The smallest absolute Gasteiger partial charge is 0.245 e. The number of piperidine rings is 1. The van der Waals surface area contributed by atoms with Gasteiger partial charge in [0.15, 0.2) is 0 Å². The van der Waals surface area contributed by atoms with Gasteiger partial charge in [0.25, 0.3) is 0 Å². The highest BCUT2D eigenvalue weighted by molar-refractivity contribution is 5.87. The number of amides is 1. The number of nitrogens with one attached hydrogen (secondary N) is 1. The SMILES string of the molecule is C=CC(=O)N1CCC(CNc2ncncc2-c2ccc(Oc3ccccc3)cc2)CC1. The first-order valence-corrected chi connectivity index (χ1v) is 10.5. The van der Waals surface area contributed by atoms with Gasteiger partial charge < -0.3 is 15.0 Å². The molecule has 1 aliphatic rings. The summed E-state index contributed by atoms with van der Waals surface area (Å²) in [6, 6.07) is 17.6. The minimum absolute atomic E-state index is 0.0178. The summed E-state index contributed by atoms with van der Waals surface area (Å²) >= 11 is 0. The van der Waals surface area contributed by atoms with E-state index >= 15 is 0 Å². The van der Waals surface area contributed by atoms with Gasteiger partial charge in [-0.15, -0.1) is 0 Å². The number of aromatic nitrogens is 2. The lowest BCUT2D eigenvalue weighted by atomic mass is 9.96. The lowest BCUT2D eigenvalue weighted by Crippen LogP contribution is -2.39.